The monoisotopic (exact) mass is 296 g/mol. The van der Waals surface area contributed by atoms with Gasteiger partial charge in [0.2, 0.25) is 0 Å². The van der Waals surface area contributed by atoms with Gasteiger partial charge in [0.15, 0.2) is 5.75 Å². The molecule has 0 atom stereocenters. The first kappa shape index (κ1) is 13.9. The Hall–Kier alpha value is -1.52. The van der Waals surface area contributed by atoms with Crippen LogP contribution in [-0.4, -0.2) is 8.42 Å². The van der Waals surface area contributed by atoms with E-state index in [1.807, 2.05) is 13.8 Å². The Morgan fingerprint density at radius 3 is 2.16 bits per heavy atom. The number of halogens is 1. The highest BCUT2D eigenvalue weighted by Crippen LogP contribution is 2.28. The Balaban J connectivity index is 2.36. The molecule has 0 aromatic heterocycles. The minimum atomic E-state index is -3.85. The maximum absolute atomic E-state index is 12.1. The molecule has 2 rings (SSSR count). The third kappa shape index (κ3) is 3.28. The lowest BCUT2D eigenvalue weighted by Gasteiger charge is -2.09. The van der Waals surface area contributed by atoms with Crippen LogP contribution in [0.2, 0.25) is 5.02 Å². The summed E-state index contributed by atoms with van der Waals surface area (Å²) >= 11 is 5.93. The van der Waals surface area contributed by atoms with Gasteiger partial charge in [-0.2, -0.15) is 8.42 Å². The van der Waals surface area contributed by atoms with E-state index in [1.165, 1.54) is 12.1 Å². The van der Waals surface area contributed by atoms with Crippen LogP contribution in [0.3, 0.4) is 0 Å². The fourth-order valence-corrected chi connectivity index (χ4v) is 2.69. The predicted molar refractivity (Wildman–Crippen MR) is 75.2 cm³/mol. The van der Waals surface area contributed by atoms with Gasteiger partial charge in [0.1, 0.15) is 4.90 Å². The van der Waals surface area contributed by atoms with Gasteiger partial charge in [-0.05, 0) is 43.7 Å². The van der Waals surface area contributed by atoms with Crippen molar-refractivity contribution in [2.75, 3.05) is 0 Å². The Labute approximate surface area is 117 Å². The SMILES string of the molecule is Cc1ccc(S(=O)(=O)Oc2cc(C)ccc2Cl)cc1. The number of aryl methyl sites for hydroxylation is 2. The van der Waals surface area contributed by atoms with Crippen molar-refractivity contribution in [3.63, 3.8) is 0 Å². The average molecular weight is 297 g/mol. The van der Waals surface area contributed by atoms with Crippen LogP contribution in [0.1, 0.15) is 11.1 Å². The predicted octanol–water partition coefficient (Wildman–Crippen LogP) is 3.72. The van der Waals surface area contributed by atoms with Crippen LogP contribution in [0.4, 0.5) is 0 Å². The Morgan fingerprint density at radius 1 is 0.947 bits per heavy atom. The molecule has 19 heavy (non-hydrogen) atoms. The van der Waals surface area contributed by atoms with Gasteiger partial charge in [0.25, 0.3) is 0 Å². The first-order valence-corrected chi connectivity index (χ1v) is 7.44. The van der Waals surface area contributed by atoms with E-state index in [-0.39, 0.29) is 15.7 Å². The van der Waals surface area contributed by atoms with Crippen LogP contribution < -0.4 is 4.18 Å². The molecule has 0 heterocycles. The third-order valence-corrected chi connectivity index (χ3v) is 4.16. The molecule has 0 aliphatic rings. The molecule has 0 N–H and O–H groups in total. The second-order valence-electron chi connectivity index (χ2n) is 4.28. The van der Waals surface area contributed by atoms with E-state index in [9.17, 15) is 8.42 Å². The van der Waals surface area contributed by atoms with Crippen molar-refractivity contribution in [2.24, 2.45) is 0 Å². The normalized spacial score (nSPS) is 11.3. The average Bonchev–Trinajstić information content (AvgIpc) is 2.34. The van der Waals surface area contributed by atoms with Gasteiger partial charge in [-0.1, -0.05) is 35.4 Å². The summed E-state index contributed by atoms with van der Waals surface area (Å²) in [6.45, 7) is 3.72. The molecule has 0 amide bonds. The topological polar surface area (TPSA) is 43.4 Å². The van der Waals surface area contributed by atoms with Crippen LogP contribution in [0, 0.1) is 13.8 Å². The quantitative estimate of drug-likeness (QED) is 0.811. The number of hydrogen-bond donors (Lipinski definition) is 0. The zero-order valence-electron chi connectivity index (χ0n) is 10.6. The van der Waals surface area contributed by atoms with Crippen LogP contribution >= 0.6 is 11.6 Å². The first-order valence-electron chi connectivity index (χ1n) is 5.66. The standard InChI is InChI=1S/C14H13ClO3S/c1-10-3-6-12(7-4-10)19(16,17)18-14-9-11(2)5-8-13(14)15/h3-9H,1-2H3. The Bertz CT molecular complexity index is 691. The lowest BCUT2D eigenvalue weighted by molar-refractivity contribution is 0.486. The number of hydrogen-bond acceptors (Lipinski definition) is 3. The van der Waals surface area contributed by atoms with Crippen molar-refractivity contribution in [1.29, 1.82) is 0 Å². The summed E-state index contributed by atoms with van der Waals surface area (Å²) in [7, 11) is -3.85. The summed E-state index contributed by atoms with van der Waals surface area (Å²) in [4.78, 5) is 0.107. The van der Waals surface area contributed by atoms with E-state index in [1.54, 1.807) is 30.3 Å². The molecule has 2 aromatic carbocycles. The first-order chi connectivity index (χ1) is 8.88. The van der Waals surface area contributed by atoms with E-state index >= 15 is 0 Å². The highest BCUT2D eigenvalue weighted by molar-refractivity contribution is 7.87. The van der Waals surface area contributed by atoms with Crippen LogP contribution in [-0.2, 0) is 10.1 Å². The minimum Gasteiger partial charge on any atom is -0.377 e. The summed E-state index contributed by atoms with van der Waals surface area (Å²) in [5, 5.41) is 0.265. The van der Waals surface area contributed by atoms with E-state index in [0.717, 1.165) is 11.1 Å². The molecule has 0 unspecified atom stereocenters. The molecule has 0 bridgehead atoms. The third-order valence-electron chi connectivity index (χ3n) is 2.60. The van der Waals surface area contributed by atoms with Gasteiger partial charge in [-0.15, -0.1) is 0 Å². The molecular formula is C14H13ClO3S. The molecule has 0 fully saturated rings. The van der Waals surface area contributed by atoms with Gasteiger partial charge < -0.3 is 4.18 Å². The highest BCUT2D eigenvalue weighted by atomic mass is 35.5. The minimum absolute atomic E-state index is 0.107. The summed E-state index contributed by atoms with van der Waals surface area (Å²) in [5.74, 6) is 0.141. The zero-order chi connectivity index (χ0) is 14.0. The molecule has 0 spiro atoms. The number of benzene rings is 2. The van der Waals surface area contributed by atoms with E-state index < -0.39 is 10.1 Å². The van der Waals surface area contributed by atoms with Crippen molar-refractivity contribution in [3.05, 3.63) is 58.6 Å². The van der Waals surface area contributed by atoms with E-state index in [4.69, 9.17) is 15.8 Å². The lowest BCUT2D eigenvalue weighted by atomic mass is 10.2. The molecule has 5 heteroatoms. The molecular weight excluding hydrogens is 284 g/mol. The molecule has 0 aliphatic carbocycles. The molecule has 0 aliphatic heterocycles. The largest absolute Gasteiger partial charge is 0.377 e. The van der Waals surface area contributed by atoms with Crippen molar-refractivity contribution >= 4 is 21.7 Å². The summed E-state index contributed by atoms with van der Waals surface area (Å²) in [6, 6.07) is 11.4. The Morgan fingerprint density at radius 2 is 1.53 bits per heavy atom. The molecule has 100 valence electrons. The summed E-state index contributed by atoms with van der Waals surface area (Å²) in [6.07, 6.45) is 0. The van der Waals surface area contributed by atoms with Gasteiger partial charge >= 0.3 is 10.1 Å². The van der Waals surface area contributed by atoms with Gasteiger partial charge in [-0.3, -0.25) is 0 Å². The van der Waals surface area contributed by atoms with Crippen molar-refractivity contribution in [1.82, 2.24) is 0 Å². The second kappa shape index (κ2) is 5.23. The van der Waals surface area contributed by atoms with Gasteiger partial charge in [0.05, 0.1) is 5.02 Å². The lowest BCUT2D eigenvalue weighted by Crippen LogP contribution is -2.10. The molecule has 0 radical (unpaired) electrons. The number of rotatable bonds is 3. The summed E-state index contributed by atoms with van der Waals surface area (Å²) in [5.41, 5.74) is 1.85. The second-order valence-corrected chi connectivity index (χ2v) is 6.24. The van der Waals surface area contributed by atoms with Crippen LogP contribution in [0.5, 0.6) is 5.75 Å². The van der Waals surface area contributed by atoms with Gasteiger partial charge in [0, 0.05) is 0 Å². The maximum Gasteiger partial charge on any atom is 0.339 e. The van der Waals surface area contributed by atoms with Crippen LogP contribution in [0.25, 0.3) is 0 Å². The Kier molecular flexibility index (Phi) is 3.83. The van der Waals surface area contributed by atoms with E-state index in [0.29, 0.717) is 0 Å². The molecule has 0 saturated heterocycles. The smallest absolute Gasteiger partial charge is 0.339 e. The van der Waals surface area contributed by atoms with E-state index in [2.05, 4.69) is 0 Å². The van der Waals surface area contributed by atoms with Crippen LogP contribution in [0.15, 0.2) is 47.4 Å². The fraction of sp³-hybridized carbons (Fsp3) is 0.143. The van der Waals surface area contributed by atoms with Crippen molar-refractivity contribution in [2.45, 2.75) is 18.7 Å². The van der Waals surface area contributed by atoms with Crippen molar-refractivity contribution < 1.29 is 12.6 Å². The summed E-state index contributed by atoms with van der Waals surface area (Å²) < 4.78 is 29.3. The van der Waals surface area contributed by atoms with Gasteiger partial charge in [-0.25, -0.2) is 0 Å². The van der Waals surface area contributed by atoms with Crippen molar-refractivity contribution in [3.8, 4) is 5.75 Å². The maximum atomic E-state index is 12.1. The zero-order valence-corrected chi connectivity index (χ0v) is 12.1. The molecule has 0 saturated carbocycles. The fourth-order valence-electron chi connectivity index (χ4n) is 1.55. The molecule has 3 nitrogen and oxygen atoms in total. The molecule has 2 aromatic rings. The highest BCUT2D eigenvalue weighted by Gasteiger charge is 2.18.